The zero-order valence-electron chi connectivity index (χ0n) is 7.26. The monoisotopic (exact) mass is 147 g/mol. The van der Waals surface area contributed by atoms with E-state index in [1.165, 1.54) is 5.23 Å². The summed E-state index contributed by atoms with van der Waals surface area (Å²) in [6.45, 7) is 9.22. The third-order valence-electron chi connectivity index (χ3n) is 0.934. The first-order valence-electron chi connectivity index (χ1n) is 3.77. The van der Waals surface area contributed by atoms with Gasteiger partial charge in [0.25, 0.3) is 0 Å². The topological polar surface area (TPSA) is 21.7 Å². The van der Waals surface area contributed by atoms with Gasteiger partial charge >= 0.3 is 0 Å². The molecule has 0 unspecified atom stereocenters. The Morgan fingerprint density at radius 2 is 1.50 bits per heavy atom. The van der Waals surface area contributed by atoms with Gasteiger partial charge < -0.3 is 0 Å². The Hall–Kier alpha value is -0.120. The smallest absolute Gasteiger partial charge is 0.0683 e. The maximum atomic E-state index is 5.15. The normalized spacial score (nSPS) is 11.4. The van der Waals surface area contributed by atoms with Gasteiger partial charge in [-0.1, -0.05) is 5.23 Å². The second-order valence-corrected chi connectivity index (χ2v) is 2.21. The molecular weight excluding hydrogens is 130 g/mol. The molecule has 0 atom stereocenters. The number of rotatable bonds is 5. The molecule has 0 amide bonds. The summed E-state index contributed by atoms with van der Waals surface area (Å²) in [6, 6.07) is 0.278. The van der Waals surface area contributed by atoms with E-state index in [1.807, 2.05) is 27.7 Å². The predicted octanol–water partition coefficient (Wildman–Crippen LogP) is 1.60. The van der Waals surface area contributed by atoms with Gasteiger partial charge in [-0.25, -0.2) is 0 Å². The van der Waals surface area contributed by atoms with Gasteiger partial charge in [0.1, 0.15) is 0 Å². The molecule has 0 aliphatic heterocycles. The van der Waals surface area contributed by atoms with E-state index in [0.717, 1.165) is 0 Å². The number of hydrogen-bond acceptors (Lipinski definition) is 3. The zero-order valence-corrected chi connectivity index (χ0v) is 7.26. The van der Waals surface area contributed by atoms with Gasteiger partial charge in [0.05, 0.1) is 19.3 Å². The molecule has 0 fully saturated rings. The van der Waals surface area contributed by atoms with Gasteiger partial charge in [0.2, 0.25) is 0 Å². The third-order valence-corrected chi connectivity index (χ3v) is 0.934. The minimum absolute atomic E-state index is 0.278. The van der Waals surface area contributed by atoms with Gasteiger partial charge in [0.15, 0.2) is 0 Å². The molecule has 0 aliphatic rings. The van der Waals surface area contributed by atoms with E-state index in [1.54, 1.807) is 0 Å². The van der Waals surface area contributed by atoms with Crippen molar-refractivity contribution in [1.82, 2.24) is 5.23 Å². The summed E-state index contributed by atoms with van der Waals surface area (Å²) in [5, 5.41) is 1.53. The Morgan fingerprint density at radius 1 is 1.10 bits per heavy atom. The highest BCUT2D eigenvalue weighted by atomic mass is 16.9. The van der Waals surface area contributed by atoms with Crippen molar-refractivity contribution in [3.8, 4) is 0 Å². The van der Waals surface area contributed by atoms with Crippen molar-refractivity contribution in [3.63, 3.8) is 0 Å². The van der Waals surface area contributed by atoms with Gasteiger partial charge in [0, 0.05) is 0 Å². The molecule has 0 radical (unpaired) electrons. The largest absolute Gasteiger partial charge is 0.274 e. The quantitative estimate of drug-likeness (QED) is 0.551. The van der Waals surface area contributed by atoms with Crippen LogP contribution in [0, 0.1) is 0 Å². The number of nitrogens with zero attached hydrogens (tertiary/aromatic N) is 1. The average Bonchev–Trinajstić information content (AvgIpc) is 1.87. The van der Waals surface area contributed by atoms with Crippen LogP contribution in [0.4, 0.5) is 0 Å². The highest BCUT2D eigenvalue weighted by molar-refractivity contribution is 4.39. The molecule has 0 N–H and O–H groups in total. The van der Waals surface area contributed by atoms with Crippen molar-refractivity contribution in [2.75, 3.05) is 13.2 Å². The first-order valence-corrected chi connectivity index (χ1v) is 3.77. The lowest BCUT2D eigenvalue weighted by Gasteiger charge is -2.22. The number of hydroxylamine groups is 2. The minimum Gasteiger partial charge on any atom is -0.274 e. The average molecular weight is 147 g/mol. The number of hydrogen-bond donors (Lipinski definition) is 0. The summed E-state index contributed by atoms with van der Waals surface area (Å²) in [7, 11) is 0. The Kier molecular flexibility index (Phi) is 5.58. The molecular formula is C7H17NO2. The fraction of sp³-hybridized carbons (Fsp3) is 1.00. The Labute approximate surface area is 62.8 Å². The van der Waals surface area contributed by atoms with E-state index in [-0.39, 0.29) is 6.04 Å². The summed E-state index contributed by atoms with van der Waals surface area (Å²) < 4.78 is 0. The molecule has 3 nitrogen and oxygen atoms in total. The van der Waals surface area contributed by atoms with Crippen molar-refractivity contribution in [1.29, 1.82) is 0 Å². The molecule has 0 heterocycles. The van der Waals surface area contributed by atoms with Crippen molar-refractivity contribution in [3.05, 3.63) is 0 Å². The molecule has 0 bridgehead atoms. The van der Waals surface area contributed by atoms with Crippen LogP contribution in [0.2, 0.25) is 0 Å². The lowest BCUT2D eigenvalue weighted by atomic mass is 10.4. The Morgan fingerprint density at radius 3 is 1.70 bits per heavy atom. The lowest BCUT2D eigenvalue weighted by molar-refractivity contribution is -0.380. The van der Waals surface area contributed by atoms with Crippen LogP contribution in [0.15, 0.2) is 0 Å². The van der Waals surface area contributed by atoms with Crippen LogP contribution < -0.4 is 0 Å². The molecule has 0 aromatic rings. The van der Waals surface area contributed by atoms with Crippen molar-refractivity contribution >= 4 is 0 Å². The van der Waals surface area contributed by atoms with E-state index in [4.69, 9.17) is 9.68 Å². The molecule has 0 spiro atoms. The maximum absolute atomic E-state index is 5.15. The Balaban J connectivity index is 3.50. The molecule has 0 saturated carbocycles. The zero-order chi connectivity index (χ0) is 7.98. The van der Waals surface area contributed by atoms with Crippen LogP contribution in [0.3, 0.4) is 0 Å². The van der Waals surface area contributed by atoms with Gasteiger partial charge in [-0.15, -0.1) is 0 Å². The van der Waals surface area contributed by atoms with E-state index < -0.39 is 0 Å². The van der Waals surface area contributed by atoms with Gasteiger partial charge in [-0.3, -0.25) is 9.68 Å². The van der Waals surface area contributed by atoms with Crippen molar-refractivity contribution < 1.29 is 9.68 Å². The molecule has 0 aliphatic carbocycles. The van der Waals surface area contributed by atoms with E-state index >= 15 is 0 Å². The molecule has 0 aromatic carbocycles. The molecule has 0 rings (SSSR count). The maximum Gasteiger partial charge on any atom is 0.0683 e. The first-order chi connectivity index (χ1) is 4.72. The van der Waals surface area contributed by atoms with Gasteiger partial charge in [-0.05, 0) is 27.7 Å². The van der Waals surface area contributed by atoms with E-state index in [2.05, 4.69) is 0 Å². The van der Waals surface area contributed by atoms with Gasteiger partial charge in [-0.2, -0.15) is 0 Å². The summed E-state index contributed by atoms with van der Waals surface area (Å²) >= 11 is 0. The van der Waals surface area contributed by atoms with Crippen LogP contribution in [-0.4, -0.2) is 24.5 Å². The summed E-state index contributed by atoms with van der Waals surface area (Å²) in [4.78, 5) is 10.3. The Bertz CT molecular complexity index is 70.0. The predicted molar refractivity (Wildman–Crippen MR) is 40.2 cm³/mol. The third kappa shape index (κ3) is 3.82. The van der Waals surface area contributed by atoms with Crippen LogP contribution in [0.25, 0.3) is 0 Å². The fourth-order valence-electron chi connectivity index (χ4n) is 0.590. The standard InChI is InChI=1S/C7H17NO2/c1-5-9-8(7(3)4)10-6-2/h7H,5-6H2,1-4H3. The second-order valence-electron chi connectivity index (χ2n) is 2.21. The summed E-state index contributed by atoms with van der Waals surface area (Å²) in [5.41, 5.74) is 0. The summed E-state index contributed by atoms with van der Waals surface area (Å²) in [5.74, 6) is 0. The molecule has 0 saturated heterocycles. The highest BCUT2D eigenvalue weighted by Gasteiger charge is 2.07. The SMILES string of the molecule is CCON(OCC)C(C)C. The fourth-order valence-corrected chi connectivity index (χ4v) is 0.590. The molecule has 3 heteroatoms. The van der Waals surface area contributed by atoms with E-state index in [9.17, 15) is 0 Å². The summed E-state index contributed by atoms with van der Waals surface area (Å²) in [6.07, 6.45) is 0. The molecule has 62 valence electrons. The lowest BCUT2D eigenvalue weighted by Crippen LogP contribution is -2.31. The first kappa shape index (κ1) is 9.88. The van der Waals surface area contributed by atoms with Crippen LogP contribution in [-0.2, 0) is 9.68 Å². The van der Waals surface area contributed by atoms with Crippen LogP contribution >= 0.6 is 0 Å². The second kappa shape index (κ2) is 5.65. The highest BCUT2D eigenvalue weighted by Crippen LogP contribution is 1.99. The van der Waals surface area contributed by atoms with Crippen LogP contribution in [0.5, 0.6) is 0 Å². The minimum atomic E-state index is 0.278. The van der Waals surface area contributed by atoms with Crippen molar-refractivity contribution in [2.24, 2.45) is 0 Å². The molecule has 10 heavy (non-hydrogen) atoms. The van der Waals surface area contributed by atoms with Crippen molar-refractivity contribution in [2.45, 2.75) is 33.7 Å². The van der Waals surface area contributed by atoms with E-state index in [0.29, 0.717) is 13.2 Å². The van der Waals surface area contributed by atoms with Crippen LogP contribution in [0.1, 0.15) is 27.7 Å². The molecule has 0 aromatic heterocycles.